The van der Waals surface area contributed by atoms with Crippen molar-refractivity contribution >= 4 is 28.8 Å². The van der Waals surface area contributed by atoms with E-state index in [4.69, 9.17) is 28.6 Å². The molecule has 19 heavy (non-hydrogen) atoms. The summed E-state index contributed by atoms with van der Waals surface area (Å²) in [5, 5.41) is 0.574. The Morgan fingerprint density at radius 2 is 2.32 bits per heavy atom. The van der Waals surface area contributed by atoms with Crippen molar-refractivity contribution < 1.29 is 4.74 Å². The number of thiocarbonyl (C=S) groups is 1. The lowest BCUT2D eigenvalue weighted by Crippen LogP contribution is -2.35. The fourth-order valence-corrected chi connectivity index (χ4v) is 2.39. The Bertz CT molecular complexity index is 481. The van der Waals surface area contributed by atoms with Crippen molar-refractivity contribution in [3.05, 3.63) is 22.8 Å². The molecule has 0 saturated heterocycles. The Balaban J connectivity index is 2.22. The summed E-state index contributed by atoms with van der Waals surface area (Å²) in [6, 6.07) is 1.82. The summed E-state index contributed by atoms with van der Waals surface area (Å²) < 4.78 is 5.98. The van der Waals surface area contributed by atoms with Crippen molar-refractivity contribution in [3.63, 3.8) is 0 Å². The number of nitrogens with zero attached hydrogens (tertiary/aromatic N) is 3. The van der Waals surface area contributed by atoms with Gasteiger partial charge < -0.3 is 14.5 Å². The van der Waals surface area contributed by atoms with Gasteiger partial charge in [-0.1, -0.05) is 23.8 Å². The highest BCUT2D eigenvalue weighted by atomic mass is 35.5. The predicted octanol–water partition coefficient (Wildman–Crippen LogP) is 2.05. The van der Waals surface area contributed by atoms with Crippen molar-refractivity contribution in [2.75, 3.05) is 34.2 Å². The van der Waals surface area contributed by atoms with E-state index in [1.807, 2.05) is 18.0 Å². The third kappa shape index (κ3) is 3.55. The summed E-state index contributed by atoms with van der Waals surface area (Å²) in [5.74, 6) is 0.586. The van der Waals surface area contributed by atoms with Gasteiger partial charge in [-0.25, -0.2) is 4.98 Å². The molecule has 1 atom stereocenters. The number of hydrogen-bond donors (Lipinski definition) is 0. The molecule has 1 aromatic rings. The van der Waals surface area contributed by atoms with E-state index >= 15 is 0 Å². The van der Waals surface area contributed by atoms with E-state index in [1.54, 1.807) is 6.20 Å². The molecule has 1 aliphatic heterocycles. The van der Waals surface area contributed by atoms with E-state index in [0.717, 1.165) is 30.1 Å². The van der Waals surface area contributed by atoms with Crippen LogP contribution >= 0.6 is 23.8 Å². The number of hydrogen-bond acceptors (Lipinski definition) is 4. The molecule has 0 aliphatic carbocycles. The van der Waals surface area contributed by atoms with Crippen LogP contribution in [-0.2, 0) is 0 Å². The lowest BCUT2D eigenvalue weighted by atomic mass is 10.2. The molecule has 2 rings (SSSR count). The van der Waals surface area contributed by atoms with Crippen molar-refractivity contribution in [3.8, 4) is 5.88 Å². The van der Waals surface area contributed by atoms with Gasteiger partial charge in [0, 0.05) is 19.8 Å². The molecule has 4 nitrogen and oxygen atoms in total. The second kappa shape index (κ2) is 6.03. The highest BCUT2D eigenvalue weighted by Crippen LogP contribution is 2.26. The molecule has 0 unspecified atom stereocenters. The first-order valence-electron chi connectivity index (χ1n) is 6.19. The largest absolute Gasteiger partial charge is 0.472 e. The third-order valence-corrected chi connectivity index (χ3v) is 3.79. The highest BCUT2D eigenvalue weighted by Gasteiger charge is 2.25. The maximum Gasteiger partial charge on any atom is 0.224 e. The minimum atomic E-state index is 0.0836. The van der Waals surface area contributed by atoms with Crippen LogP contribution in [0.15, 0.2) is 12.3 Å². The zero-order valence-corrected chi connectivity index (χ0v) is 13.0. The minimum Gasteiger partial charge on any atom is -0.472 e. The fraction of sp³-hybridized carbons (Fsp3) is 0.538. The Hall–Kier alpha value is -0.910. The number of likely N-dealkylation sites (N-methyl/N-ethyl adjacent to an activating group) is 1. The smallest absolute Gasteiger partial charge is 0.224 e. The van der Waals surface area contributed by atoms with Crippen LogP contribution in [0.1, 0.15) is 12.0 Å². The van der Waals surface area contributed by atoms with Gasteiger partial charge in [-0.15, -0.1) is 0 Å². The Kier molecular flexibility index (Phi) is 4.60. The highest BCUT2D eigenvalue weighted by molar-refractivity contribution is 7.80. The monoisotopic (exact) mass is 299 g/mol. The Morgan fingerprint density at radius 1 is 1.58 bits per heavy atom. The number of pyridine rings is 1. The minimum absolute atomic E-state index is 0.0836. The van der Waals surface area contributed by atoms with Gasteiger partial charge in [0.05, 0.1) is 17.1 Å². The van der Waals surface area contributed by atoms with Crippen LogP contribution in [-0.4, -0.2) is 60.1 Å². The van der Waals surface area contributed by atoms with Gasteiger partial charge in [-0.3, -0.25) is 0 Å². The van der Waals surface area contributed by atoms with Crippen LogP contribution < -0.4 is 4.74 Å². The van der Waals surface area contributed by atoms with E-state index in [0.29, 0.717) is 10.9 Å². The van der Waals surface area contributed by atoms with Crippen LogP contribution in [0.4, 0.5) is 0 Å². The van der Waals surface area contributed by atoms with Crippen molar-refractivity contribution in [2.24, 2.45) is 0 Å². The maximum atomic E-state index is 5.98. The molecule has 6 heteroatoms. The molecule has 0 aromatic carbocycles. The molecular formula is C13H18ClN3OS. The van der Waals surface area contributed by atoms with Crippen LogP contribution in [0.25, 0.3) is 0 Å². The third-order valence-electron chi connectivity index (χ3n) is 3.05. The van der Waals surface area contributed by atoms with Crippen LogP contribution in [0.2, 0.25) is 5.02 Å². The first-order chi connectivity index (χ1) is 8.97. The van der Waals surface area contributed by atoms with Gasteiger partial charge in [0.1, 0.15) is 11.1 Å². The zero-order valence-electron chi connectivity index (χ0n) is 11.4. The van der Waals surface area contributed by atoms with E-state index in [2.05, 4.69) is 24.0 Å². The number of aromatic nitrogens is 1. The summed E-state index contributed by atoms with van der Waals surface area (Å²) in [5.41, 5.74) is 0.803. The quantitative estimate of drug-likeness (QED) is 0.797. The average molecular weight is 300 g/mol. The van der Waals surface area contributed by atoms with Gasteiger partial charge in [0.25, 0.3) is 0 Å². The number of fused-ring (bicyclic) bond motifs is 1. The van der Waals surface area contributed by atoms with Gasteiger partial charge in [0.15, 0.2) is 0 Å². The molecular weight excluding hydrogens is 282 g/mol. The molecule has 0 N–H and O–H groups in total. The number of ether oxygens (including phenoxy) is 1. The first kappa shape index (κ1) is 14.5. The standard InChI is InChI=1S/C13H18ClN3OS/c1-16(2)5-4-10-8-17(3)13(19)11-6-9(14)7-15-12(11)18-10/h6-7,10H,4-5,8H2,1-3H3/t10-/m1/s1. The van der Waals surface area contributed by atoms with Gasteiger partial charge >= 0.3 is 0 Å². The van der Waals surface area contributed by atoms with Gasteiger partial charge in [0.2, 0.25) is 5.88 Å². The zero-order chi connectivity index (χ0) is 14.0. The number of rotatable bonds is 3. The molecule has 0 fully saturated rings. The lowest BCUT2D eigenvalue weighted by Gasteiger charge is -2.22. The molecule has 0 saturated carbocycles. The van der Waals surface area contributed by atoms with Crippen LogP contribution in [0.3, 0.4) is 0 Å². The number of halogens is 1. The van der Waals surface area contributed by atoms with Crippen molar-refractivity contribution in [1.29, 1.82) is 0 Å². The fourth-order valence-electron chi connectivity index (χ4n) is 2.02. The molecule has 2 heterocycles. The van der Waals surface area contributed by atoms with Crippen molar-refractivity contribution in [2.45, 2.75) is 12.5 Å². The second-order valence-electron chi connectivity index (χ2n) is 5.02. The topological polar surface area (TPSA) is 28.6 Å². The van der Waals surface area contributed by atoms with E-state index in [9.17, 15) is 0 Å². The van der Waals surface area contributed by atoms with E-state index in [-0.39, 0.29) is 6.10 Å². The normalized spacial score (nSPS) is 19.1. The molecule has 0 bridgehead atoms. The van der Waals surface area contributed by atoms with Gasteiger partial charge in [-0.05, 0) is 26.6 Å². The summed E-state index contributed by atoms with van der Waals surface area (Å²) >= 11 is 11.4. The Labute approximate surface area is 124 Å². The second-order valence-corrected chi connectivity index (χ2v) is 5.85. The molecule has 104 valence electrons. The maximum absolute atomic E-state index is 5.98. The summed E-state index contributed by atoms with van der Waals surface area (Å²) in [6.45, 7) is 1.73. The summed E-state index contributed by atoms with van der Waals surface area (Å²) in [7, 11) is 6.08. The first-order valence-corrected chi connectivity index (χ1v) is 6.98. The van der Waals surface area contributed by atoms with E-state index in [1.165, 1.54) is 0 Å². The van der Waals surface area contributed by atoms with E-state index < -0.39 is 0 Å². The molecule has 0 amide bonds. The predicted molar refractivity (Wildman–Crippen MR) is 81.2 cm³/mol. The molecule has 1 aliphatic rings. The summed E-state index contributed by atoms with van der Waals surface area (Å²) in [4.78, 5) is 9.16. The lowest BCUT2D eigenvalue weighted by molar-refractivity contribution is 0.154. The van der Waals surface area contributed by atoms with Gasteiger partial charge in [-0.2, -0.15) is 0 Å². The molecule has 1 aromatic heterocycles. The summed E-state index contributed by atoms with van der Waals surface area (Å²) in [6.07, 6.45) is 2.61. The SMILES string of the molecule is CN(C)CC[C@@H]1CN(C)C(=S)c2cc(Cl)cnc2O1. The van der Waals surface area contributed by atoms with Crippen LogP contribution in [0.5, 0.6) is 5.88 Å². The molecule has 0 spiro atoms. The van der Waals surface area contributed by atoms with Crippen LogP contribution in [0, 0.1) is 0 Å². The average Bonchev–Trinajstić information content (AvgIpc) is 2.47. The van der Waals surface area contributed by atoms with Crippen molar-refractivity contribution in [1.82, 2.24) is 14.8 Å². The Morgan fingerprint density at radius 3 is 3.00 bits per heavy atom. The molecule has 0 radical (unpaired) electrons.